The average Bonchev–Trinajstić information content (AvgIpc) is 2.13. The fourth-order valence-electron chi connectivity index (χ4n) is 2.08. The van der Waals surface area contributed by atoms with Crippen LogP contribution in [0.3, 0.4) is 0 Å². The molecule has 2 rings (SSSR count). The summed E-state index contributed by atoms with van der Waals surface area (Å²) >= 11 is 6.16. The van der Waals surface area contributed by atoms with Crippen molar-refractivity contribution in [3.63, 3.8) is 0 Å². The lowest BCUT2D eigenvalue weighted by Crippen LogP contribution is -2.41. The van der Waals surface area contributed by atoms with Crippen LogP contribution in [0, 0.1) is 0 Å². The summed E-state index contributed by atoms with van der Waals surface area (Å²) < 4.78 is 0. The van der Waals surface area contributed by atoms with E-state index >= 15 is 0 Å². The van der Waals surface area contributed by atoms with Gasteiger partial charge in [-0.3, -0.25) is 4.79 Å². The fraction of sp³-hybridized carbons (Fsp3) is 0.417. The van der Waals surface area contributed by atoms with Gasteiger partial charge in [-0.25, -0.2) is 0 Å². The maximum Gasteiger partial charge on any atom is 0.307 e. The Morgan fingerprint density at radius 1 is 1.56 bits per heavy atom. The smallest absolute Gasteiger partial charge is 0.307 e. The number of carbonyl (C=O) groups is 1. The standard InChI is InChI=1S/C12H14ClNO2/c1-14-6-9(7-14)10-3-2-8(4-11(10)13)5-12(15)16/h2-4,9H,5-7H2,1H3,(H,15,16). The molecule has 0 amide bonds. The number of benzene rings is 1. The van der Waals surface area contributed by atoms with E-state index in [0.717, 1.165) is 24.2 Å². The van der Waals surface area contributed by atoms with E-state index in [4.69, 9.17) is 16.7 Å². The third kappa shape index (κ3) is 2.36. The molecule has 1 aromatic rings. The molecule has 1 saturated heterocycles. The molecular formula is C12H14ClNO2. The van der Waals surface area contributed by atoms with Crippen molar-refractivity contribution in [1.82, 2.24) is 4.90 Å². The lowest BCUT2D eigenvalue weighted by molar-refractivity contribution is -0.136. The summed E-state index contributed by atoms with van der Waals surface area (Å²) in [5.41, 5.74) is 1.89. The third-order valence-electron chi connectivity index (χ3n) is 2.92. The second-order valence-electron chi connectivity index (χ2n) is 4.34. The number of carboxylic acid groups (broad SMARTS) is 1. The summed E-state index contributed by atoms with van der Waals surface area (Å²) in [5.74, 6) is -0.330. The fourth-order valence-corrected chi connectivity index (χ4v) is 2.44. The molecule has 1 aromatic carbocycles. The van der Waals surface area contributed by atoms with E-state index in [2.05, 4.69) is 11.9 Å². The highest BCUT2D eigenvalue weighted by Crippen LogP contribution is 2.31. The molecule has 0 bridgehead atoms. The van der Waals surface area contributed by atoms with Gasteiger partial charge in [0.1, 0.15) is 0 Å². The summed E-state index contributed by atoms with van der Waals surface area (Å²) in [4.78, 5) is 12.8. The van der Waals surface area contributed by atoms with Crippen LogP contribution in [-0.2, 0) is 11.2 Å². The second-order valence-corrected chi connectivity index (χ2v) is 4.75. The van der Waals surface area contributed by atoms with Crippen LogP contribution in [0.4, 0.5) is 0 Å². The van der Waals surface area contributed by atoms with Gasteiger partial charge < -0.3 is 10.0 Å². The first-order chi connectivity index (χ1) is 7.56. The topological polar surface area (TPSA) is 40.5 Å². The van der Waals surface area contributed by atoms with Crippen LogP contribution >= 0.6 is 11.6 Å². The lowest BCUT2D eigenvalue weighted by Gasteiger charge is -2.37. The minimum absolute atomic E-state index is 0.0323. The van der Waals surface area contributed by atoms with Crippen LogP contribution in [0.2, 0.25) is 5.02 Å². The molecule has 3 nitrogen and oxygen atoms in total. The first kappa shape index (κ1) is 11.4. The molecular weight excluding hydrogens is 226 g/mol. The van der Waals surface area contributed by atoms with E-state index in [1.165, 1.54) is 0 Å². The van der Waals surface area contributed by atoms with Gasteiger partial charge in [-0.1, -0.05) is 23.7 Å². The van der Waals surface area contributed by atoms with Gasteiger partial charge in [-0.05, 0) is 24.2 Å². The van der Waals surface area contributed by atoms with Crippen molar-refractivity contribution in [2.45, 2.75) is 12.3 Å². The normalized spacial score (nSPS) is 17.1. The SMILES string of the molecule is CN1CC(c2ccc(CC(=O)O)cc2Cl)C1. The zero-order chi connectivity index (χ0) is 11.7. The molecule has 0 spiro atoms. The predicted octanol–water partition coefficient (Wildman–Crippen LogP) is 2.00. The largest absolute Gasteiger partial charge is 0.481 e. The quantitative estimate of drug-likeness (QED) is 0.877. The van der Waals surface area contributed by atoms with Crippen molar-refractivity contribution in [2.24, 2.45) is 0 Å². The van der Waals surface area contributed by atoms with Gasteiger partial charge in [-0.2, -0.15) is 0 Å². The number of rotatable bonds is 3. The van der Waals surface area contributed by atoms with Crippen molar-refractivity contribution in [3.8, 4) is 0 Å². The minimum atomic E-state index is -0.827. The Bertz CT molecular complexity index is 413. The summed E-state index contributed by atoms with van der Waals surface area (Å²) in [6.07, 6.45) is 0.0323. The molecule has 1 heterocycles. The van der Waals surface area contributed by atoms with E-state index in [9.17, 15) is 4.79 Å². The Balaban J connectivity index is 2.13. The Kier molecular flexibility index (Phi) is 3.17. The van der Waals surface area contributed by atoms with Crippen molar-refractivity contribution >= 4 is 17.6 Å². The summed E-state index contributed by atoms with van der Waals surface area (Å²) in [6, 6.07) is 5.58. The van der Waals surface area contributed by atoms with E-state index in [-0.39, 0.29) is 6.42 Å². The highest BCUT2D eigenvalue weighted by atomic mass is 35.5. The molecule has 1 N–H and O–H groups in total. The maximum absolute atomic E-state index is 10.6. The first-order valence-corrected chi connectivity index (χ1v) is 5.62. The number of aliphatic carboxylic acids is 1. The van der Waals surface area contributed by atoms with Crippen molar-refractivity contribution in [2.75, 3.05) is 20.1 Å². The van der Waals surface area contributed by atoms with Crippen molar-refractivity contribution < 1.29 is 9.90 Å². The van der Waals surface area contributed by atoms with Crippen LogP contribution < -0.4 is 0 Å². The summed E-state index contributed by atoms with van der Waals surface area (Å²) in [7, 11) is 2.07. The molecule has 1 aliphatic rings. The maximum atomic E-state index is 10.6. The summed E-state index contributed by atoms with van der Waals surface area (Å²) in [5, 5.41) is 9.37. The number of halogens is 1. The zero-order valence-corrected chi connectivity index (χ0v) is 9.87. The number of nitrogens with zero attached hydrogens (tertiary/aromatic N) is 1. The first-order valence-electron chi connectivity index (χ1n) is 5.25. The zero-order valence-electron chi connectivity index (χ0n) is 9.11. The van der Waals surface area contributed by atoms with Gasteiger partial charge in [0.05, 0.1) is 6.42 Å². The predicted molar refractivity (Wildman–Crippen MR) is 63.0 cm³/mol. The van der Waals surface area contributed by atoms with Gasteiger partial charge in [0.15, 0.2) is 0 Å². The van der Waals surface area contributed by atoms with Crippen molar-refractivity contribution in [3.05, 3.63) is 34.3 Å². The van der Waals surface area contributed by atoms with Gasteiger partial charge in [0, 0.05) is 24.0 Å². The molecule has 1 aliphatic heterocycles. The number of hydrogen-bond acceptors (Lipinski definition) is 2. The van der Waals surface area contributed by atoms with Gasteiger partial charge >= 0.3 is 5.97 Å². The number of likely N-dealkylation sites (tertiary alicyclic amines) is 1. The van der Waals surface area contributed by atoms with E-state index in [1.807, 2.05) is 12.1 Å². The van der Waals surface area contributed by atoms with Gasteiger partial charge in [0.2, 0.25) is 0 Å². The Morgan fingerprint density at radius 2 is 2.25 bits per heavy atom. The van der Waals surface area contributed by atoms with Gasteiger partial charge in [-0.15, -0.1) is 0 Å². The van der Waals surface area contributed by atoms with Crippen LogP contribution in [0.1, 0.15) is 17.0 Å². The lowest BCUT2D eigenvalue weighted by atomic mass is 9.91. The van der Waals surface area contributed by atoms with Crippen LogP contribution in [-0.4, -0.2) is 36.1 Å². The summed E-state index contributed by atoms with van der Waals surface area (Å²) in [6.45, 7) is 2.05. The Labute approximate surface area is 99.6 Å². The molecule has 0 atom stereocenters. The molecule has 0 aliphatic carbocycles. The number of likely N-dealkylation sites (N-methyl/N-ethyl adjacent to an activating group) is 1. The second kappa shape index (κ2) is 4.44. The molecule has 16 heavy (non-hydrogen) atoms. The third-order valence-corrected chi connectivity index (χ3v) is 3.25. The van der Waals surface area contributed by atoms with Gasteiger partial charge in [0.25, 0.3) is 0 Å². The molecule has 0 aromatic heterocycles. The average molecular weight is 240 g/mol. The molecule has 0 unspecified atom stereocenters. The van der Waals surface area contributed by atoms with Crippen LogP contribution in [0.15, 0.2) is 18.2 Å². The minimum Gasteiger partial charge on any atom is -0.481 e. The van der Waals surface area contributed by atoms with E-state index in [0.29, 0.717) is 10.9 Å². The molecule has 1 fully saturated rings. The van der Waals surface area contributed by atoms with Crippen molar-refractivity contribution in [1.29, 1.82) is 0 Å². The van der Waals surface area contributed by atoms with E-state index < -0.39 is 5.97 Å². The number of hydrogen-bond donors (Lipinski definition) is 1. The molecule has 4 heteroatoms. The highest BCUT2D eigenvalue weighted by molar-refractivity contribution is 6.31. The van der Waals surface area contributed by atoms with E-state index in [1.54, 1.807) is 6.07 Å². The van der Waals surface area contributed by atoms with Crippen LogP contribution in [0.25, 0.3) is 0 Å². The number of carboxylic acids is 1. The molecule has 86 valence electrons. The molecule has 0 radical (unpaired) electrons. The Hall–Kier alpha value is -1.06. The highest BCUT2D eigenvalue weighted by Gasteiger charge is 2.26. The van der Waals surface area contributed by atoms with Crippen LogP contribution in [0.5, 0.6) is 0 Å². The monoisotopic (exact) mass is 239 g/mol. The molecule has 0 saturated carbocycles. The Morgan fingerprint density at radius 3 is 2.75 bits per heavy atom.